The molecule has 0 amide bonds. The third-order valence-corrected chi connectivity index (χ3v) is 3.58. The first-order valence-electron chi connectivity index (χ1n) is 6.26. The fraction of sp³-hybridized carbons (Fsp3) is 0.357. The standard InChI is InChI=1S/C14H14BrFN2O3/c1-14(2,7-12(19)20)6-11-17-18-13(21-11)9-5-8(16)3-4-10(9)15/h3-5H,6-7H2,1-2H3,(H,19,20). The first kappa shape index (κ1) is 15.6. The lowest BCUT2D eigenvalue weighted by Gasteiger charge is -2.19. The Bertz CT molecular complexity index is 670. The summed E-state index contributed by atoms with van der Waals surface area (Å²) in [5, 5.41) is 16.7. The predicted octanol–water partition coefficient (Wildman–Crippen LogP) is 3.68. The monoisotopic (exact) mass is 356 g/mol. The smallest absolute Gasteiger partial charge is 0.303 e. The molecule has 0 saturated carbocycles. The van der Waals surface area contributed by atoms with Crippen LogP contribution in [0.5, 0.6) is 0 Å². The van der Waals surface area contributed by atoms with Crippen LogP contribution in [0.3, 0.4) is 0 Å². The number of hydrogen-bond acceptors (Lipinski definition) is 4. The molecule has 0 bridgehead atoms. The second kappa shape index (κ2) is 5.93. The third kappa shape index (κ3) is 4.10. The van der Waals surface area contributed by atoms with E-state index in [1.807, 2.05) is 13.8 Å². The molecule has 7 heteroatoms. The van der Waals surface area contributed by atoms with Crippen molar-refractivity contribution in [2.45, 2.75) is 26.7 Å². The molecule has 0 radical (unpaired) electrons. The summed E-state index contributed by atoms with van der Waals surface area (Å²) in [6.07, 6.45) is 0.327. The Morgan fingerprint density at radius 2 is 2.14 bits per heavy atom. The Morgan fingerprint density at radius 1 is 1.43 bits per heavy atom. The van der Waals surface area contributed by atoms with Gasteiger partial charge in [0, 0.05) is 10.9 Å². The van der Waals surface area contributed by atoms with Crippen molar-refractivity contribution < 1.29 is 18.7 Å². The summed E-state index contributed by atoms with van der Waals surface area (Å²) in [5.41, 5.74) is -0.0424. The number of hydrogen-bond donors (Lipinski definition) is 1. The molecular formula is C14H14BrFN2O3. The summed E-state index contributed by atoms with van der Waals surface area (Å²) in [4.78, 5) is 10.8. The first-order chi connectivity index (χ1) is 9.77. The summed E-state index contributed by atoms with van der Waals surface area (Å²) in [7, 11) is 0. The van der Waals surface area contributed by atoms with Crippen molar-refractivity contribution in [2.24, 2.45) is 5.41 Å². The van der Waals surface area contributed by atoms with E-state index in [1.165, 1.54) is 12.1 Å². The largest absolute Gasteiger partial charge is 0.481 e. The molecule has 0 aliphatic heterocycles. The lowest BCUT2D eigenvalue weighted by Crippen LogP contribution is -2.19. The van der Waals surface area contributed by atoms with Gasteiger partial charge in [0.15, 0.2) is 0 Å². The molecule has 0 aliphatic carbocycles. The highest BCUT2D eigenvalue weighted by Crippen LogP contribution is 2.30. The van der Waals surface area contributed by atoms with Crippen molar-refractivity contribution >= 4 is 21.9 Å². The maximum atomic E-state index is 13.3. The molecule has 5 nitrogen and oxygen atoms in total. The van der Waals surface area contributed by atoms with Crippen LogP contribution in [-0.2, 0) is 11.2 Å². The molecule has 0 unspecified atom stereocenters. The molecule has 1 N–H and O–H groups in total. The summed E-state index contributed by atoms with van der Waals surface area (Å²) in [6, 6.07) is 4.17. The van der Waals surface area contributed by atoms with Gasteiger partial charge in [-0.1, -0.05) is 13.8 Å². The Labute approximate surface area is 129 Å². The molecule has 1 heterocycles. The molecule has 2 aromatic rings. The van der Waals surface area contributed by atoms with Crippen molar-refractivity contribution in [1.29, 1.82) is 0 Å². The molecule has 112 valence electrons. The van der Waals surface area contributed by atoms with Crippen molar-refractivity contribution in [3.8, 4) is 11.5 Å². The Kier molecular flexibility index (Phi) is 4.41. The molecule has 0 spiro atoms. The average Bonchev–Trinajstić information content (AvgIpc) is 2.78. The van der Waals surface area contributed by atoms with Crippen LogP contribution < -0.4 is 0 Å². The van der Waals surface area contributed by atoms with Gasteiger partial charge in [-0.15, -0.1) is 10.2 Å². The zero-order valence-electron chi connectivity index (χ0n) is 11.6. The van der Waals surface area contributed by atoms with E-state index in [2.05, 4.69) is 26.1 Å². The zero-order valence-corrected chi connectivity index (χ0v) is 13.1. The molecule has 1 aromatic heterocycles. The second-order valence-electron chi connectivity index (χ2n) is 5.54. The SMILES string of the molecule is CC(C)(CC(=O)O)Cc1nnc(-c2cc(F)ccc2Br)o1. The van der Waals surface area contributed by atoms with Gasteiger partial charge in [-0.25, -0.2) is 4.39 Å². The predicted molar refractivity (Wildman–Crippen MR) is 77.1 cm³/mol. The van der Waals surface area contributed by atoms with Gasteiger partial charge in [-0.2, -0.15) is 0 Å². The molecule has 1 aromatic carbocycles. The van der Waals surface area contributed by atoms with Gasteiger partial charge in [0.25, 0.3) is 0 Å². The van der Waals surface area contributed by atoms with Crippen LogP contribution in [0.25, 0.3) is 11.5 Å². The minimum Gasteiger partial charge on any atom is -0.481 e. The number of carboxylic acids is 1. The van der Waals surface area contributed by atoms with Crippen molar-refractivity contribution in [3.63, 3.8) is 0 Å². The molecule has 0 aliphatic rings. The highest BCUT2D eigenvalue weighted by Gasteiger charge is 2.25. The van der Waals surface area contributed by atoms with Crippen molar-refractivity contribution in [3.05, 3.63) is 34.4 Å². The number of aliphatic carboxylic acids is 1. The topological polar surface area (TPSA) is 76.2 Å². The fourth-order valence-corrected chi connectivity index (χ4v) is 2.39. The van der Waals surface area contributed by atoms with E-state index in [4.69, 9.17) is 9.52 Å². The lowest BCUT2D eigenvalue weighted by molar-refractivity contribution is -0.139. The van der Waals surface area contributed by atoms with Gasteiger partial charge in [0.2, 0.25) is 11.8 Å². The molecule has 0 fully saturated rings. The number of aromatic nitrogens is 2. The summed E-state index contributed by atoms with van der Waals surface area (Å²) in [6.45, 7) is 3.62. The molecule has 0 saturated heterocycles. The van der Waals surface area contributed by atoms with Crippen LogP contribution in [-0.4, -0.2) is 21.3 Å². The Balaban J connectivity index is 2.22. The number of carbonyl (C=O) groups is 1. The zero-order chi connectivity index (χ0) is 15.6. The summed E-state index contributed by atoms with van der Waals surface area (Å²) >= 11 is 3.30. The number of benzene rings is 1. The Morgan fingerprint density at radius 3 is 2.81 bits per heavy atom. The van der Waals surface area contributed by atoms with Gasteiger partial charge >= 0.3 is 5.97 Å². The van der Waals surface area contributed by atoms with E-state index in [1.54, 1.807) is 6.07 Å². The van der Waals surface area contributed by atoms with Gasteiger partial charge < -0.3 is 9.52 Å². The molecule has 0 atom stereocenters. The van der Waals surface area contributed by atoms with E-state index >= 15 is 0 Å². The van der Waals surface area contributed by atoms with Crippen molar-refractivity contribution in [2.75, 3.05) is 0 Å². The van der Waals surface area contributed by atoms with Gasteiger partial charge in [0.1, 0.15) is 5.82 Å². The van der Waals surface area contributed by atoms with E-state index < -0.39 is 17.2 Å². The first-order valence-corrected chi connectivity index (χ1v) is 7.06. The minimum absolute atomic E-state index is 0.00558. The van der Waals surface area contributed by atoms with Gasteiger partial charge in [-0.3, -0.25) is 4.79 Å². The second-order valence-corrected chi connectivity index (χ2v) is 6.39. The maximum Gasteiger partial charge on any atom is 0.303 e. The number of nitrogens with zero attached hydrogens (tertiary/aromatic N) is 2. The highest BCUT2D eigenvalue weighted by atomic mass is 79.9. The molecule has 2 rings (SSSR count). The van der Waals surface area contributed by atoms with Crippen LogP contribution in [0.2, 0.25) is 0 Å². The van der Waals surface area contributed by atoms with Crippen molar-refractivity contribution in [1.82, 2.24) is 10.2 Å². The number of rotatable bonds is 5. The quantitative estimate of drug-likeness (QED) is 0.883. The Hall–Kier alpha value is -1.76. The van der Waals surface area contributed by atoms with Crippen LogP contribution in [0, 0.1) is 11.2 Å². The lowest BCUT2D eigenvalue weighted by atomic mass is 9.86. The minimum atomic E-state index is -0.882. The van der Waals surface area contributed by atoms with Gasteiger partial charge in [-0.05, 0) is 39.5 Å². The summed E-state index contributed by atoms with van der Waals surface area (Å²) < 4.78 is 19.4. The van der Waals surface area contributed by atoms with Crippen LogP contribution in [0.4, 0.5) is 4.39 Å². The molecular weight excluding hydrogens is 343 g/mol. The van der Waals surface area contributed by atoms with Crippen LogP contribution >= 0.6 is 15.9 Å². The maximum absolute atomic E-state index is 13.3. The average molecular weight is 357 g/mol. The van der Waals surface area contributed by atoms with E-state index in [0.717, 1.165) is 0 Å². The van der Waals surface area contributed by atoms with Gasteiger partial charge in [0.05, 0.1) is 12.0 Å². The normalized spacial score (nSPS) is 11.6. The van der Waals surface area contributed by atoms with E-state index in [9.17, 15) is 9.18 Å². The van der Waals surface area contributed by atoms with E-state index in [0.29, 0.717) is 22.3 Å². The highest BCUT2D eigenvalue weighted by molar-refractivity contribution is 9.10. The third-order valence-electron chi connectivity index (χ3n) is 2.89. The number of halogens is 2. The van der Waals surface area contributed by atoms with E-state index in [-0.39, 0.29) is 12.3 Å². The van der Waals surface area contributed by atoms with Crippen LogP contribution in [0.1, 0.15) is 26.2 Å². The fourth-order valence-electron chi connectivity index (χ4n) is 1.98. The molecule has 21 heavy (non-hydrogen) atoms. The summed E-state index contributed by atoms with van der Waals surface area (Å²) in [5.74, 6) is -0.762. The van der Waals surface area contributed by atoms with Crippen LogP contribution in [0.15, 0.2) is 27.1 Å². The number of carboxylic acid groups (broad SMARTS) is 1.